The molecule has 0 aromatic rings. The van der Waals surface area contributed by atoms with Crippen LogP contribution in [-0.4, -0.2) is 48.6 Å². The average Bonchev–Trinajstić information content (AvgIpc) is 2.42. The minimum absolute atomic E-state index is 0.000486. The highest BCUT2D eigenvalue weighted by atomic mass is 16.4. The van der Waals surface area contributed by atoms with Crippen LogP contribution in [-0.2, 0) is 9.59 Å². The lowest BCUT2D eigenvalue weighted by atomic mass is 9.81. The first-order chi connectivity index (χ1) is 9.34. The summed E-state index contributed by atoms with van der Waals surface area (Å²) < 4.78 is 0. The highest BCUT2D eigenvalue weighted by Crippen LogP contribution is 2.24. The smallest absolute Gasteiger partial charge is 0.307 e. The molecule has 0 aromatic carbocycles. The standard InChI is InChI=1S/C15H30N2O3/c1-6-11(3)13(15(19)20)12(4)14(18)16-9-8-10-17(5)7-2/h11-13H,6-10H2,1-5H3,(H,16,18)(H,19,20). The number of nitrogens with zero attached hydrogens (tertiary/aromatic N) is 1. The number of rotatable bonds is 10. The van der Waals surface area contributed by atoms with Crippen molar-refractivity contribution < 1.29 is 14.7 Å². The van der Waals surface area contributed by atoms with Crippen molar-refractivity contribution >= 4 is 11.9 Å². The van der Waals surface area contributed by atoms with E-state index in [0.29, 0.717) is 6.54 Å². The first-order valence-electron chi connectivity index (χ1n) is 7.54. The molecule has 20 heavy (non-hydrogen) atoms. The van der Waals surface area contributed by atoms with Gasteiger partial charge in [0.2, 0.25) is 5.91 Å². The first-order valence-corrected chi connectivity index (χ1v) is 7.54. The van der Waals surface area contributed by atoms with E-state index in [2.05, 4.69) is 17.1 Å². The van der Waals surface area contributed by atoms with Crippen molar-refractivity contribution in [1.29, 1.82) is 0 Å². The largest absolute Gasteiger partial charge is 0.481 e. The molecule has 0 rings (SSSR count). The van der Waals surface area contributed by atoms with Gasteiger partial charge in [0, 0.05) is 12.5 Å². The van der Waals surface area contributed by atoms with Crippen molar-refractivity contribution in [3.05, 3.63) is 0 Å². The van der Waals surface area contributed by atoms with Gasteiger partial charge in [-0.25, -0.2) is 0 Å². The van der Waals surface area contributed by atoms with Crippen LogP contribution in [0.25, 0.3) is 0 Å². The van der Waals surface area contributed by atoms with Crippen molar-refractivity contribution in [3.8, 4) is 0 Å². The molecule has 0 saturated heterocycles. The molecule has 5 nitrogen and oxygen atoms in total. The van der Waals surface area contributed by atoms with Gasteiger partial charge in [-0.1, -0.05) is 34.1 Å². The zero-order valence-electron chi connectivity index (χ0n) is 13.5. The van der Waals surface area contributed by atoms with Gasteiger partial charge in [0.05, 0.1) is 5.92 Å². The molecule has 0 saturated carbocycles. The topological polar surface area (TPSA) is 69.6 Å². The maximum Gasteiger partial charge on any atom is 0.307 e. The van der Waals surface area contributed by atoms with E-state index in [4.69, 9.17) is 0 Å². The Kier molecular flexibility index (Phi) is 9.21. The van der Waals surface area contributed by atoms with Crippen molar-refractivity contribution in [3.63, 3.8) is 0 Å². The Morgan fingerprint density at radius 2 is 1.85 bits per heavy atom. The summed E-state index contributed by atoms with van der Waals surface area (Å²) in [6, 6.07) is 0. The summed E-state index contributed by atoms with van der Waals surface area (Å²) in [4.78, 5) is 25.5. The molecular weight excluding hydrogens is 256 g/mol. The number of hydrogen-bond acceptors (Lipinski definition) is 3. The third-order valence-electron chi connectivity index (χ3n) is 4.05. The van der Waals surface area contributed by atoms with Gasteiger partial charge in [-0.05, 0) is 32.5 Å². The molecule has 3 atom stereocenters. The van der Waals surface area contributed by atoms with Gasteiger partial charge >= 0.3 is 5.97 Å². The summed E-state index contributed by atoms with van der Waals surface area (Å²) in [6.07, 6.45) is 1.64. The van der Waals surface area contributed by atoms with Crippen LogP contribution in [0, 0.1) is 17.8 Å². The van der Waals surface area contributed by atoms with Crippen LogP contribution in [0.1, 0.15) is 40.5 Å². The van der Waals surface area contributed by atoms with Gasteiger partial charge in [-0.15, -0.1) is 0 Å². The summed E-state index contributed by atoms with van der Waals surface area (Å²) in [5, 5.41) is 12.1. The molecule has 0 aliphatic carbocycles. The van der Waals surface area contributed by atoms with Gasteiger partial charge in [0.15, 0.2) is 0 Å². The van der Waals surface area contributed by atoms with Gasteiger partial charge in [0.1, 0.15) is 0 Å². The second kappa shape index (κ2) is 9.75. The van der Waals surface area contributed by atoms with E-state index in [-0.39, 0.29) is 11.8 Å². The first kappa shape index (κ1) is 18.9. The SMILES string of the molecule is CCC(C)C(C(=O)O)C(C)C(=O)NCCCN(C)CC. The Bertz CT molecular complexity index is 307. The Hall–Kier alpha value is -1.10. The molecule has 0 spiro atoms. The molecule has 118 valence electrons. The lowest BCUT2D eigenvalue weighted by Crippen LogP contribution is -2.39. The average molecular weight is 286 g/mol. The lowest BCUT2D eigenvalue weighted by molar-refractivity contribution is -0.149. The van der Waals surface area contributed by atoms with Gasteiger partial charge in [-0.2, -0.15) is 0 Å². The lowest BCUT2D eigenvalue weighted by Gasteiger charge is -2.24. The van der Waals surface area contributed by atoms with Crippen LogP contribution >= 0.6 is 0 Å². The highest BCUT2D eigenvalue weighted by Gasteiger charge is 2.33. The Morgan fingerprint density at radius 3 is 2.30 bits per heavy atom. The van der Waals surface area contributed by atoms with Crippen molar-refractivity contribution in [2.45, 2.75) is 40.5 Å². The van der Waals surface area contributed by atoms with E-state index in [1.54, 1.807) is 6.92 Å². The van der Waals surface area contributed by atoms with Gasteiger partial charge in [-0.3, -0.25) is 9.59 Å². The van der Waals surface area contributed by atoms with E-state index in [1.807, 2.05) is 20.9 Å². The van der Waals surface area contributed by atoms with Gasteiger partial charge in [0.25, 0.3) is 0 Å². The third kappa shape index (κ3) is 6.37. The molecule has 0 radical (unpaired) electrons. The number of hydrogen-bond donors (Lipinski definition) is 2. The minimum Gasteiger partial charge on any atom is -0.481 e. The Labute approximate surface area is 122 Å². The number of carboxylic acid groups (broad SMARTS) is 1. The molecule has 2 N–H and O–H groups in total. The van der Waals surface area contributed by atoms with Gasteiger partial charge < -0.3 is 15.3 Å². The predicted octanol–water partition coefficient (Wildman–Crippen LogP) is 1.83. The van der Waals surface area contributed by atoms with Crippen LogP contribution < -0.4 is 5.32 Å². The van der Waals surface area contributed by atoms with Crippen LogP contribution in [0.3, 0.4) is 0 Å². The minimum atomic E-state index is -0.882. The maximum atomic E-state index is 12.0. The molecule has 1 amide bonds. The monoisotopic (exact) mass is 286 g/mol. The molecule has 0 aliphatic heterocycles. The molecule has 0 aliphatic rings. The summed E-state index contributed by atoms with van der Waals surface area (Å²) >= 11 is 0. The second-order valence-electron chi connectivity index (χ2n) is 5.58. The predicted molar refractivity (Wildman–Crippen MR) is 80.5 cm³/mol. The second-order valence-corrected chi connectivity index (χ2v) is 5.58. The molecule has 5 heteroatoms. The van der Waals surface area contributed by atoms with Crippen molar-refractivity contribution in [1.82, 2.24) is 10.2 Å². The van der Waals surface area contributed by atoms with Crippen molar-refractivity contribution in [2.75, 3.05) is 26.7 Å². The van der Waals surface area contributed by atoms with E-state index in [0.717, 1.165) is 25.9 Å². The molecule has 0 aromatic heterocycles. The summed E-state index contributed by atoms with van der Waals surface area (Å²) in [5.74, 6) is -2.14. The summed E-state index contributed by atoms with van der Waals surface area (Å²) in [7, 11) is 2.04. The van der Waals surface area contributed by atoms with E-state index in [9.17, 15) is 14.7 Å². The van der Waals surface area contributed by atoms with E-state index in [1.165, 1.54) is 0 Å². The van der Waals surface area contributed by atoms with Crippen LogP contribution in [0.2, 0.25) is 0 Å². The van der Waals surface area contributed by atoms with Crippen molar-refractivity contribution in [2.24, 2.45) is 17.8 Å². The number of carboxylic acids is 1. The van der Waals surface area contributed by atoms with E-state index < -0.39 is 17.8 Å². The number of amides is 1. The Morgan fingerprint density at radius 1 is 1.25 bits per heavy atom. The zero-order valence-corrected chi connectivity index (χ0v) is 13.5. The summed E-state index contributed by atoms with van der Waals surface area (Å²) in [5.41, 5.74) is 0. The molecule has 0 bridgehead atoms. The highest BCUT2D eigenvalue weighted by molar-refractivity contribution is 5.84. The molecule has 0 fully saturated rings. The van der Waals surface area contributed by atoms with Crippen LogP contribution in [0.15, 0.2) is 0 Å². The number of carbonyl (C=O) groups excluding carboxylic acids is 1. The normalized spacial score (nSPS) is 15.7. The summed E-state index contributed by atoms with van der Waals surface area (Å²) in [6.45, 7) is 10.1. The maximum absolute atomic E-state index is 12.0. The van der Waals surface area contributed by atoms with E-state index >= 15 is 0 Å². The van der Waals surface area contributed by atoms with Crippen LogP contribution in [0.4, 0.5) is 0 Å². The number of aliphatic carboxylic acids is 1. The molecule has 0 heterocycles. The quantitative estimate of drug-likeness (QED) is 0.601. The zero-order chi connectivity index (χ0) is 15.7. The fourth-order valence-corrected chi connectivity index (χ4v) is 2.25. The molecular formula is C15H30N2O3. The third-order valence-corrected chi connectivity index (χ3v) is 4.05. The fourth-order valence-electron chi connectivity index (χ4n) is 2.25. The Balaban J connectivity index is 4.27. The molecule has 3 unspecified atom stereocenters. The fraction of sp³-hybridized carbons (Fsp3) is 0.867. The number of carbonyl (C=O) groups is 2. The van der Waals surface area contributed by atoms with Crippen LogP contribution in [0.5, 0.6) is 0 Å². The number of nitrogens with one attached hydrogen (secondary N) is 1.